The van der Waals surface area contributed by atoms with Crippen molar-refractivity contribution in [2.45, 2.75) is 11.9 Å². The predicted molar refractivity (Wildman–Crippen MR) is 49.9 cm³/mol. The number of rotatable bonds is 2. The van der Waals surface area contributed by atoms with E-state index in [2.05, 4.69) is 0 Å². The Kier molecular flexibility index (Phi) is 5.97. The summed E-state index contributed by atoms with van der Waals surface area (Å²) in [6, 6.07) is 2.17. The summed E-state index contributed by atoms with van der Waals surface area (Å²) in [5.41, 5.74) is -1.40. The van der Waals surface area contributed by atoms with E-state index in [9.17, 15) is 26.1 Å². The maximum Gasteiger partial charge on any atom is 1.00 e. The second-order valence-corrected chi connectivity index (χ2v) is 4.82. The van der Waals surface area contributed by atoms with Crippen molar-refractivity contribution in [3.8, 4) is 0 Å². The molecule has 0 N–H and O–H groups in total. The summed E-state index contributed by atoms with van der Waals surface area (Å²) in [4.78, 5) is 0. The van der Waals surface area contributed by atoms with Crippen molar-refractivity contribution in [2.75, 3.05) is 0 Å². The molecule has 3 nitrogen and oxygen atoms in total. The third-order valence-electron chi connectivity index (χ3n) is 1.71. The number of hydrogen-bond donors (Lipinski definition) is 0. The van der Waals surface area contributed by atoms with Crippen LogP contribution in [0.4, 0.5) is 13.2 Å². The van der Waals surface area contributed by atoms with Gasteiger partial charge in [-0.3, -0.25) is 0 Å². The van der Waals surface area contributed by atoms with Gasteiger partial charge in [-0.25, -0.2) is 8.42 Å². The van der Waals surface area contributed by atoms with Crippen LogP contribution in [0.15, 0.2) is 18.2 Å². The Labute approximate surface area is 123 Å². The molecule has 0 bridgehead atoms. The third-order valence-corrected chi connectivity index (χ3v) is 2.74. The van der Waals surface area contributed by atoms with Crippen LogP contribution in [0.1, 0.15) is 11.1 Å². The van der Waals surface area contributed by atoms with Crippen LogP contribution < -0.4 is 29.6 Å². The van der Waals surface area contributed by atoms with Crippen LogP contribution in [0, 0.1) is 0 Å². The van der Waals surface area contributed by atoms with Gasteiger partial charge in [-0.05, 0) is 23.8 Å². The topological polar surface area (TPSA) is 57.2 Å². The van der Waals surface area contributed by atoms with Crippen molar-refractivity contribution >= 4 is 21.7 Å². The van der Waals surface area contributed by atoms with Crippen molar-refractivity contribution in [1.29, 1.82) is 0 Å². The molecule has 0 aliphatic rings. The van der Waals surface area contributed by atoms with Crippen LogP contribution in [0.2, 0.25) is 5.02 Å². The fourth-order valence-electron chi connectivity index (χ4n) is 1.05. The van der Waals surface area contributed by atoms with Crippen LogP contribution in [0.5, 0.6) is 0 Å². The van der Waals surface area contributed by atoms with Gasteiger partial charge in [0.1, 0.15) is 0 Å². The molecule has 0 radical (unpaired) electrons. The van der Waals surface area contributed by atoms with Gasteiger partial charge in [0, 0.05) is 5.02 Å². The summed E-state index contributed by atoms with van der Waals surface area (Å²) in [5.74, 6) is -1.06. The van der Waals surface area contributed by atoms with Crippen molar-refractivity contribution in [3.63, 3.8) is 0 Å². The normalized spacial score (nSPS) is 12.1. The fourth-order valence-corrected chi connectivity index (χ4v) is 1.94. The molecule has 0 saturated heterocycles. The largest absolute Gasteiger partial charge is 1.00 e. The molecular formula is C8H5ClF3NaO3S. The Hall–Kier alpha value is 0.210. The standard InChI is InChI=1S/C8H6ClF3O3S.Na/c9-7-2-1-6(8(10,11)12)3-5(7)4-16(13,14)15;/h1-3H,4H2,(H,13,14,15);/q;+1/p-1. The van der Waals surface area contributed by atoms with E-state index in [4.69, 9.17) is 11.6 Å². The number of alkyl halides is 3. The maximum absolute atomic E-state index is 12.3. The van der Waals surface area contributed by atoms with Gasteiger partial charge in [0.05, 0.1) is 21.4 Å². The van der Waals surface area contributed by atoms with E-state index >= 15 is 0 Å². The second-order valence-electron chi connectivity index (χ2n) is 3.01. The van der Waals surface area contributed by atoms with Crippen molar-refractivity contribution in [3.05, 3.63) is 34.3 Å². The van der Waals surface area contributed by atoms with Crippen LogP contribution in [-0.4, -0.2) is 13.0 Å². The first-order chi connectivity index (χ1) is 7.09. The molecule has 0 heterocycles. The third kappa shape index (κ3) is 5.58. The molecule has 0 amide bonds. The Morgan fingerprint density at radius 1 is 1.29 bits per heavy atom. The smallest absolute Gasteiger partial charge is 0.748 e. The summed E-state index contributed by atoms with van der Waals surface area (Å²) in [6.07, 6.45) is -4.61. The molecule has 0 aliphatic carbocycles. The van der Waals surface area contributed by atoms with Crippen molar-refractivity contribution < 1.29 is 55.7 Å². The van der Waals surface area contributed by atoms with Crippen molar-refractivity contribution in [2.24, 2.45) is 0 Å². The maximum atomic E-state index is 12.3. The molecular weight excluding hydrogens is 292 g/mol. The molecule has 0 unspecified atom stereocenters. The van der Waals surface area contributed by atoms with Crippen LogP contribution in [-0.2, 0) is 22.0 Å². The molecule has 0 aromatic heterocycles. The fraction of sp³-hybridized carbons (Fsp3) is 0.250. The minimum atomic E-state index is -4.66. The van der Waals surface area contributed by atoms with Gasteiger partial charge in [-0.1, -0.05) is 11.6 Å². The second kappa shape index (κ2) is 5.90. The van der Waals surface area contributed by atoms with E-state index in [0.717, 1.165) is 6.07 Å². The van der Waals surface area contributed by atoms with E-state index in [0.29, 0.717) is 12.1 Å². The minimum absolute atomic E-state index is 0. The molecule has 17 heavy (non-hydrogen) atoms. The molecule has 0 saturated carbocycles. The average Bonchev–Trinajstić information content (AvgIpc) is 2.04. The molecule has 90 valence electrons. The van der Waals surface area contributed by atoms with Gasteiger partial charge in [-0.2, -0.15) is 13.2 Å². The molecule has 0 aliphatic heterocycles. The SMILES string of the molecule is O=S(=O)([O-])Cc1cc(C(F)(F)F)ccc1Cl.[Na+]. The van der Waals surface area contributed by atoms with Crippen molar-refractivity contribution in [1.82, 2.24) is 0 Å². The molecule has 0 spiro atoms. The number of halogens is 4. The van der Waals surface area contributed by atoms with E-state index < -0.39 is 27.6 Å². The van der Waals surface area contributed by atoms with Gasteiger partial charge < -0.3 is 4.55 Å². The molecule has 1 aromatic carbocycles. The molecule has 0 fully saturated rings. The predicted octanol–water partition coefficient (Wildman–Crippen LogP) is -0.592. The Bertz CT molecular complexity index is 501. The van der Waals surface area contributed by atoms with Gasteiger partial charge in [0.25, 0.3) is 0 Å². The minimum Gasteiger partial charge on any atom is -0.748 e. The van der Waals surface area contributed by atoms with E-state index in [1.165, 1.54) is 0 Å². The summed E-state index contributed by atoms with van der Waals surface area (Å²) in [5, 5.41) is -0.188. The molecule has 0 atom stereocenters. The Morgan fingerprint density at radius 3 is 2.24 bits per heavy atom. The quantitative estimate of drug-likeness (QED) is 0.541. The van der Waals surface area contributed by atoms with E-state index in [1.54, 1.807) is 0 Å². The van der Waals surface area contributed by atoms with Gasteiger partial charge >= 0.3 is 35.7 Å². The van der Waals surface area contributed by atoms with Crippen LogP contribution in [0.25, 0.3) is 0 Å². The van der Waals surface area contributed by atoms with E-state index in [-0.39, 0.29) is 40.1 Å². The zero-order chi connectivity index (χ0) is 12.6. The Morgan fingerprint density at radius 2 is 1.82 bits per heavy atom. The molecule has 1 aromatic rings. The number of benzene rings is 1. The van der Waals surface area contributed by atoms with Gasteiger partial charge in [0.15, 0.2) is 0 Å². The van der Waals surface area contributed by atoms with Crippen LogP contribution >= 0.6 is 11.6 Å². The summed E-state index contributed by atoms with van der Waals surface area (Å²) >= 11 is 5.48. The van der Waals surface area contributed by atoms with E-state index in [1.807, 2.05) is 0 Å². The average molecular weight is 297 g/mol. The first-order valence-corrected chi connectivity index (χ1v) is 5.84. The monoisotopic (exact) mass is 296 g/mol. The van der Waals surface area contributed by atoms with Gasteiger partial charge in [0.2, 0.25) is 0 Å². The zero-order valence-electron chi connectivity index (χ0n) is 8.58. The molecule has 1 rings (SSSR count). The molecule has 9 heteroatoms. The summed E-state index contributed by atoms with van der Waals surface area (Å²) in [7, 11) is -4.66. The van der Waals surface area contributed by atoms with Gasteiger partial charge in [-0.15, -0.1) is 0 Å². The van der Waals surface area contributed by atoms with Crippen LogP contribution in [0.3, 0.4) is 0 Å². The first-order valence-electron chi connectivity index (χ1n) is 3.89. The zero-order valence-corrected chi connectivity index (χ0v) is 12.2. The summed E-state index contributed by atoms with van der Waals surface area (Å²) < 4.78 is 68.0. The first kappa shape index (κ1) is 17.2. The summed E-state index contributed by atoms with van der Waals surface area (Å²) in [6.45, 7) is 0. The Balaban J connectivity index is 0.00000256. The number of hydrogen-bond acceptors (Lipinski definition) is 3.